The van der Waals surface area contributed by atoms with E-state index in [1.165, 1.54) is 0 Å². The highest BCUT2D eigenvalue weighted by Crippen LogP contribution is 2.17. The number of nitrogens with one attached hydrogen (secondary N) is 3. The number of H-pyrrole nitrogens is 1. The summed E-state index contributed by atoms with van der Waals surface area (Å²) in [5.74, 6) is 1.45. The largest absolute Gasteiger partial charge is 0.467 e. The summed E-state index contributed by atoms with van der Waals surface area (Å²) < 4.78 is 5.24. The molecule has 7 nitrogen and oxygen atoms in total. The number of furan rings is 1. The maximum atomic E-state index is 12.4. The zero-order valence-corrected chi connectivity index (χ0v) is 18.0. The van der Waals surface area contributed by atoms with Gasteiger partial charge >= 0.3 is 0 Å². The van der Waals surface area contributed by atoms with E-state index in [9.17, 15) is 9.59 Å². The Balaban J connectivity index is 1.34. The van der Waals surface area contributed by atoms with Gasteiger partial charge in [0.15, 0.2) is 0 Å². The Kier molecular flexibility index (Phi) is 6.65. The van der Waals surface area contributed by atoms with Crippen LogP contribution in [0.3, 0.4) is 0 Å². The SMILES string of the molecule is CCCC(=O)Nc1ccc(CCc2nc3ccc(C(=O)NCc4ccco4)cc3[nH]2)cc1. The molecule has 2 heterocycles. The number of aromatic nitrogens is 2. The minimum absolute atomic E-state index is 0.0385. The molecule has 2 amide bonds. The maximum absolute atomic E-state index is 12.4. The predicted molar refractivity (Wildman–Crippen MR) is 123 cm³/mol. The Morgan fingerprint density at radius 1 is 1.06 bits per heavy atom. The topological polar surface area (TPSA) is 100 Å². The second kappa shape index (κ2) is 9.96. The van der Waals surface area contributed by atoms with Gasteiger partial charge in [0.1, 0.15) is 11.6 Å². The van der Waals surface area contributed by atoms with Gasteiger partial charge in [-0.15, -0.1) is 0 Å². The number of carbonyl (C=O) groups is 2. The lowest BCUT2D eigenvalue weighted by Gasteiger charge is -2.05. The molecule has 0 radical (unpaired) electrons. The van der Waals surface area contributed by atoms with E-state index in [0.29, 0.717) is 24.3 Å². The Bertz CT molecular complexity index is 1190. The summed E-state index contributed by atoms with van der Waals surface area (Å²) in [7, 11) is 0. The van der Waals surface area contributed by atoms with Gasteiger partial charge in [-0.05, 0) is 60.9 Å². The molecule has 7 heteroatoms. The molecule has 3 N–H and O–H groups in total. The minimum atomic E-state index is -0.162. The van der Waals surface area contributed by atoms with Crippen molar-refractivity contribution in [2.24, 2.45) is 0 Å². The van der Waals surface area contributed by atoms with E-state index in [-0.39, 0.29) is 11.8 Å². The fourth-order valence-corrected chi connectivity index (χ4v) is 3.47. The number of aromatic amines is 1. The monoisotopic (exact) mass is 430 g/mol. The van der Waals surface area contributed by atoms with Crippen LogP contribution in [0.1, 0.15) is 47.3 Å². The van der Waals surface area contributed by atoms with Crippen molar-refractivity contribution < 1.29 is 14.0 Å². The first-order valence-electron chi connectivity index (χ1n) is 10.8. The number of amides is 2. The van der Waals surface area contributed by atoms with Crippen LogP contribution in [0.15, 0.2) is 65.3 Å². The van der Waals surface area contributed by atoms with Crippen molar-refractivity contribution >= 4 is 28.5 Å². The van der Waals surface area contributed by atoms with Crippen molar-refractivity contribution in [2.45, 2.75) is 39.2 Å². The molecule has 0 saturated heterocycles. The standard InChI is InChI=1S/C25H26N4O3/c1-2-4-24(30)27-19-10-6-17(7-11-19)8-13-23-28-21-12-9-18(15-22(21)29-23)25(31)26-16-20-5-3-14-32-20/h3,5-7,9-12,14-15H,2,4,8,13,16H2,1H3,(H,26,31)(H,27,30)(H,28,29). The summed E-state index contributed by atoms with van der Waals surface area (Å²) in [6.07, 6.45) is 4.51. The zero-order chi connectivity index (χ0) is 22.3. The normalized spacial score (nSPS) is 10.9. The first-order chi connectivity index (χ1) is 15.6. The molecule has 0 aliphatic rings. The van der Waals surface area contributed by atoms with Gasteiger partial charge in [-0.1, -0.05) is 19.1 Å². The molecule has 0 unspecified atom stereocenters. The molecule has 0 spiro atoms. The summed E-state index contributed by atoms with van der Waals surface area (Å²) >= 11 is 0. The van der Waals surface area contributed by atoms with Crippen molar-refractivity contribution in [3.8, 4) is 0 Å². The second-order valence-corrected chi connectivity index (χ2v) is 7.67. The van der Waals surface area contributed by atoms with Gasteiger partial charge < -0.3 is 20.0 Å². The van der Waals surface area contributed by atoms with Crippen LogP contribution >= 0.6 is 0 Å². The van der Waals surface area contributed by atoms with Crippen molar-refractivity contribution in [1.82, 2.24) is 15.3 Å². The van der Waals surface area contributed by atoms with E-state index >= 15 is 0 Å². The van der Waals surface area contributed by atoms with Crippen LogP contribution in [-0.4, -0.2) is 21.8 Å². The van der Waals surface area contributed by atoms with E-state index in [1.807, 2.05) is 49.4 Å². The van der Waals surface area contributed by atoms with Crippen LogP contribution in [0.2, 0.25) is 0 Å². The number of imidazole rings is 1. The van der Waals surface area contributed by atoms with E-state index in [4.69, 9.17) is 4.42 Å². The third-order valence-corrected chi connectivity index (χ3v) is 5.16. The average molecular weight is 431 g/mol. The van der Waals surface area contributed by atoms with Crippen molar-refractivity contribution in [3.05, 3.63) is 83.6 Å². The summed E-state index contributed by atoms with van der Waals surface area (Å²) in [6.45, 7) is 2.33. The lowest BCUT2D eigenvalue weighted by atomic mass is 10.1. The molecule has 4 aromatic rings. The van der Waals surface area contributed by atoms with Crippen LogP contribution in [0.25, 0.3) is 11.0 Å². The molecule has 4 rings (SSSR count). The van der Waals surface area contributed by atoms with E-state index in [1.54, 1.807) is 18.4 Å². The zero-order valence-electron chi connectivity index (χ0n) is 18.0. The lowest BCUT2D eigenvalue weighted by Crippen LogP contribution is -2.22. The molecule has 32 heavy (non-hydrogen) atoms. The molecule has 2 aromatic heterocycles. The fourth-order valence-electron chi connectivity index (χ4n) is 3.47. The number of aryl methyl sites for hydroxylation is 2. The molecule has 0 saturated carbocycles. The molecule has 0 fully saturated rings. The van der Waals surface area contributed by atoms with Crippen LogP contribution in [0, 0.1) is 0 Å². The summed E-state index contributed by atoms with van der Waals surface area (Å²) in [6, 6.07) is 16.9. The van der Waals surface area contributed by atoms with Gasteiger partial charge in [0.05, 0.1) is 23.8 Å². The van der Waals surface area contributed by atoms with Gasteiger partial charge in [0, 0.05) is 24.1 Å². The van der Waals surface area contributed by atoms with Gasteiger partial charge in [-0.3, -0.25) is 9.59 Å². The third-order valence-electron chi connectivity index (χ3n) is 5.16. The lowest BCUT2D eigenvalue weighted by molar-refractivity contribution is -0.116. The number of hydrogen-bond donors (Lipinski definition) is 3. The average Bonchev–Trinajstić information content (AvgIpc) is 3.46. The van der Waals surface area contributed by atoms with Crippen molar-refractivity contribution in [2.75, 3.05) is 5.32 Å². The van der Waals surface area contributed by atoms with E-state index in [0.717, 1.165) is 47.4 Å². The highest BCUT2D eigenvalue weighted by Gasteiger charge is 2.10. The maximum Gasteiger partial charge on any atom is 0.251 e. The Labute approximate surface area is 186 Å². The molecular weight excluding hydrogens is 404 g/mol. The number of carbonyl (C=O) groups excluding carboxylic acids is 2. The van der Waals surface area contributed by atoms with Crippen molar-refractivity contribution in [1.29, 1.82) is 0 Å². The van der Waals surface area contributed by atoms with Crippen LogP contribution in [0.4, 0.5) is 5.69 Å². The molecule has 2 aromatic carbocycles. The molecule has 0 aliphatic heterocycles. The minimum Gasteiger partial charge on any atom is -0.467 e. The molecule has 0 atom stereocenters. The van der Waals surface area contributed by atoms with Crippen molar-refractivity contribution in [3.63, 3.8) is 0 Å². The number of benzene rings is 2. The number of rotatable bonds is 9. The van der Waals surface area contributed by atoms with Gasteiger partial charge in [0.25, 0.3) is 5.91 Å². The molecule has 164 valence electrons. The summed E-state index contributed by atoms with van der Waals surface area (Å²) in [5, 5.41) is 5.75. The quantitative estimate of drug-likeness (QED) is 0.361. The summed E-state index contributed by atoms with van der Waals surface area (Å²) in [4.78, 5) is 32.1. The fraction of sp³-hybridized carbons (Fsp3) is 0.240. The second-order valence-electron chi connectivity index (χ2n) is 7.67. The highest BCUT2D eigenvalue weighted by molar-refractivity contribution is 5.97. The predicted octanol–water partition coefficient (Wildman–Crippen LogP) is 4.61. The summed E-state index contributed by atoms with van der Waals surface area (Å²) in [5.41, 5.74) is 4.21. The van der Waals surface area contributed by atoms with Gasteiger partial charge in [0.2, 0.25) is 5.91 Å². The Hall–Kier alpha value is -3.87. The Morgan fingerprint density at radius 3 is 2.66 bits per heavy atom. The first kappa shape index (κ1) is 21.4. The highest BCUT2D eigenvalue weighted by atomic mass is 16.3. The van der Waals surface area contributed by atoms with Gasteiger partial charge in [-0.25, -0.2) is 4.98 Å². The molecular formula is C25H26N4O3. The first-order valence-corrected chi connectivity index (χ1v) is 10.8. The molecule has 0 aliphatic carbocycles. The molecule has 0 bridgehead atoms. The third kappa shape index (κ3) is 5.43. The van der Waals surface area contributed by atoms with Crippen LogP contribution < -0.4 is 10.6 Å². The van der Waals surface area contributed by atoms with E-state index < -0.39 is 0 Å². The smallest absolute Gasteiger partial charge is 0.251 e. The Morgan fingerprint density at radius 2 is 1.91 bits per heavy atom. The van der Waals surface area contributed by atoms with Crippen LogP contribution in [-0.2, 0) is 24.2 Å². The number of hydrogen-bond acceptors (Lipinski definition) is 4. The van der Waals surface area contributed by atoms with E-state index in [2.05, 4.69) is 20.6 Å². The van der Waals surface area contributed by atoms with Gasteiger partial charge in [-0.2, -0.15) is 0 Å². The number of nitrogens with zero attached hydrogens (tertiary/aromatic N) is 1. The number of fused-ring (bicyclic) bond motifs is 1. The van der Waals surface area contributed by atoms with Crippen LogP contribution in [0.5, 0.6) is 0 Å². The number of anilines is 1.